The van der Waals surface area contributed by atoms with Gasteiger partial charge in [-0.05, 0) is 36.9 Å². The second kappa shape index (κ2) is 6.44. The third-order valence-electron chi connectivity index (χ3n) is 4.26. The van der Waals surface area contributed by atoms with E-state index in [4.69, 9.17) is 4.74 Å². The molecule has 5 nitrogen and oxygen atoms in total. The van der Waals surface area contributed by atoms with Crippen LogP contribution < -0.4 is 10.0 Å². The summed E-state index contributed by atoms with van der Waals surface area (Å²) in [6.45, 7) is 2.26. The molecule has 2 heterocycles. The average Bonchev–Trinajstić information content (AvgIpc) is 2.54. The van der Waals surface area contributed by atoms with Gasteiger partial charge in [-0.1, -0.05) is 24.3 Å². The molecule has 2 atom stereocenters. The van der Waals surface area contributed by atoms with Crippen LogP contribution in [0.1, 0.15) is 30.0 Å². The molecular formula is C15H22N2O3S. The molecule has 0 spiro atoms. The molecule has 0 amide bonds. The second-order valence-electron chi connectivity index (χ2n) is 5.69. The Morgan fingerprint density at radius 3 is 3.00 bits per heavy atom. The minimum Gasteiger partial charge on any atom is -0.380 e. The standard InChI is InChI=1S/C15H22N2O3S/c18-21(19,13-5-3-9-20-11-13)17-10-15-14-6-2-1-4-12(14)7-8-16-15/h1-2,4,6,13,15-17H,3,5,7-11H2. The number of hydrogen-bond donors (Lipinski definition) is 2. The fourth-order valence-corrected chi connectivity index (χ4v) is 4.44. The fraction of sp³-hybridized carbons (Fsp3) is 0.600. The maximum absolute atomic E-state index is 12.3. The van der Waals surface area contributed by atoms with Gasteiger partial charge in [0.2, 0.25) is 10.0 Å². The minimum atomic E-state index is -3.30. The molecule has 21 heavy (non-hydrogen) atoms. The zero-order valence-corrected chi connectivity index (χ0v) is 12.9. The summed E-state index contributed by atoms with van der Waals surface area (Å²) >= 11 is 0. The number of rotatable bonds is 4. The van der Waals surface area contributed by atoms with Gasteiger partial charge in [-0.2, -0.15) is 0 Å². The maximum atomic E-state index is 12.3. The van der Waals surface area contributed by atoms with Crippen LogP contribution in [-0.4, -0.2) is 40.0 Å². The lowest BCUT2D eigenvalue weighted by Crippen LogP contribution is -2.44. The SMILES string of the molecule is O=S(=O)(NCC1NCCc2ccccc21)C1CCCOC1. The summed E-state index contributed by atoms with van der Waals surface area (Å²) in [7, 11) is -3.30. The Morgan fingerprint density at radius 1 is 1.33 bits per heavy atom. The molecule has 2 unspecified atom stereocenters. The number of hydrogen-bond acceptors (Lipinski definition) is 4. The van der Waals surface area contributed by atoms with Crippen molar-refractivity contribution in [1.29, 1.82) is 0 Å². The van der Waals surface area contributed by atoms with Crippen LogP contribution in [0.25, 0.3) is 0 Å². The van der Waals surface area contributed by atoms with Gasteiger partial charge >= 0.3 is 0 Å². The van der Waals surface area contributed by atoms with Crippen LogP contribution in [-0.2, 0) is 21.2 Å². The van der Waals surface area contributed by atoms with Gasteiger partial charge in [-0.25, -0.2) is 13.1 Å². The topological polar surface area (TPSA) is 67.4 Å². The summed E-state index contributed by atoms with van der Waals surface area (Å²) in [6, 6.07) is 8.28. The summed E-state index contributed by atoms with van der Waals surface area (Å²) in [5, 5.41) is 2.98. The van der Waals surface area contributed by atoms with Crippen molar-refractivity contribution in [3.05, 3.63) is 35.4 Å². The van der Waals surface area contributed by atoms with Crippen LogP contribution in [0.2, 0.25) is 0 Å². The molecule has 0 aromatic heterocycles. The molecule has 1 aromatic carbocycles. The van der Waals surface area contributed by atoms with Gasteiger partial charge < -0.3 is 10.1 Å². The lowest BCUT2D eigenvalue weighted by molar-refractivity contribution is 0.0988. The maximum Gasteiger partial charge on any atom is 0.216 e. The molecular weight excluding hydrogens is 288 g/mol. The van der Waals surface area contributed by atoms with Gasteiger partial charge in [0.05, 0.1) is 11.9 Å². The molecule has 3 rings (SSSR count). The Hall–Kier alpha value is -0.950. The highest BCUT2D eigenvalue weighted by atomic mass is 32.2. The Bertz CT molecular complexity index is 582. The van der Waals surface area contributed by atoms with Crippen LogP contribution in [0.15, 0.2) is 24.3 Å². The molecule has 1 saturated heterocycles. The lowest BCUT2D eigenvalue weighted by atomic mass is 9.95. The number of ether oxygens (including phenoxy) is 1. The number of sulfonamides is 1. The quantitative estimate of drug-likeness (QED) is 0.870. The first kappa shape index (κ1) is 15.0. The van der Waals surface area contributed by atoms with Crippen LogP contribution in [0.5, 0.6) is 0 Å². The van der Waals surface area contributed by atoms with Crippen molar-refractivity contribution in [3.63, 3.8) is 0 Å². The lowest BCUT2D eigenvalue weighted by Gasteiger charge is -2.28. The van der Waals surface area contributed by atoms with Crippen LogP contribution in [0.3, 0.4) is 0 Å². The molecule has 6 heteroatoms. The highest BCUT2D eigenvalue weighted by molar-refractivity contribution is 7.90. The average molecular weight is 310 g/mol. The van der Waals surface area contributed by atoms with Gasteiger partial charge in [-0.3, -0.25) is 0 Å². The summed E-state index contributed by atoms with van der Waals surface area (Å²) in [4.78, 5) is 0. The molecule has 1 aromatic rings. The monoisotopic (exact) mass is 310 g/mol. The van der Waals surface area contributed by atoms with Crippen molar-refractivity contribution in [2.75, 3.05) is 26.3 Å². The summed E-state index contributed by atoms with van der Waals surface area (Å²) < 4.78 is 32.7. The first-order chi connectivity index (χ1) is 10.2. The molecule has 1 fully saturated rings. The van der Waals surface area contributed by atoms with Crippen molar-refractivity contribution < 1.29 is 13.2 Å². The predicted molar refractivity (Wildman–Crippen MR) is 81.7 cm³/mol. The van der Waals surface area contributed by atoms with Crippen LogP contribution in [0.4, 0.5) is 0 Å². The van der Waals surface area contributed by atoms with Crippen molar-refractivity contribution in [2.24, 2.45) is 0 Å². The highest BCUT2D eigenvalue weighted by Gasteiger charge is 2.29. The van der Waals surface area contributed by atoms with Gasteiger partial charge in [0.25, 0.3) is 0 Å². The molecule has 0 aliphatic carbocycles. The number of fused-ring (bicyclic) bond motifs is 1. The smallest absolute Gasteiger partial charge is 0.216 e. The summed E-state index contributed by atoms with van der Waals surface area (Å²) in [6.07, 6.45) is 2.50. The van der Waals surface area contributed by atoms with E-state index < -0.39 is 15.3 Å². The molecule has 2 N–H and O–H groups in total. The number of benzene rings is 1. The van der Waals surface area contributed by atoms with E-state index in [1.807, 2.05) is 12.1 Å². The summed E-state index contributed by atoms with van der Waals surface area (Å²) in [5.74, 6) is 0. The Kier molecular flexibility index (Phi) is 4.59. The molecule has 116 valence electrons. The van der Waals surface area contributed by atoms with Gasteiger partial charge in [0.15, 0.2) is 0 Å². The molecule has 2 aliphatic heterocycles. The first-order valence-electron chi connectivity index (χ1n) is 7.54. The van der Waals surface area contributed by atoms with Gasteiger partial charge in [-0.15, -0.1) is 0 Å². The highest BCUT2D eigenvalue weighted by Crippen LogP contribution is 2.22. The third-order valence-corrected chi connectivity index (χ3v) is 6.08. The third kappa shape index (κ3) is 3.45. The van der Waals surface area contributed by atoms with Crippen molar-refractivity contribution in [3.8, 4) is 0 Å². The van der Waals surface area contributed by atoms with E-state index in [1.165, 1.54) is 11.1 Å². The second-order valence-corrected chi connectivity index (χ2v) is 7.73. The Morgan fingerprint density at radius 2 is 2.19 bits per heavy atom. The van der Waals surface area contributed by atoms with E-state index in [2.05, 4.69) is 22.2 Å². The molecule has 2 aliphatic rings. The molecule has 0 bridgehead atoms. The van der Waals surface area contributed by atoms with Gasteiger partial charge in [0.1, 0.15) is 0 Å². The first-order valence-corrected chi connectivity index (χ1v) is 9.09. The van der Waals surface area contributed by atoms with E-state index in [0.717, 1.165) is 19.4 Å². The predicted octanol–water partition coefficient (Wildman–Crippen LogP) is 0.972. The van der Waals surface area contributed by atoms with E-state index in [0.29, 0.717) is 26.2 Å². The van der Waals surface area contributed by atoms with E-state index >= 15 is 0 Å². The van der Waals surface area contributed by atoms with Gasteiger partial charge in [0, 0.05) is 19.2 Å². The Labute approximate surface area is 126 Å². The van der Waals surface area contributed by atoms with E-state index in [9.17, 15) is 8.42 Å². The Balaban J connectivity index is 1.65. The summed E-state index contributed by atoms with van der Waals surface area (Å²) in [5.41, 5.74) is 2.51. The zero-order valence-electron chi connectivity index (χ0n) is 12.0. The van der Waals surface area contributed by atoms with E-state index in [1.54, 1.807) is 0 Å². The molecule has 0 saturated carbocycles. The molecule has 0 radical (unpaired) electrons. The van der Waals surface area contributed by atoms with Crippen molar-refractivity contribution >= 4 is 10.0 Å². The van der Waals surface area contributed by atoms with Crippen LogP contribution >= 0.6 is 0 Å². The van der Waals surface area contributed by atoms with Crippen LogP contribution in [0, 0.1) is 0 Å². The largest absolute Gasteiger partial charge is 0.380 e. The minimum absolute atomic E-state index is 0.0502. The van der Waals surface area contributed by atoms with Crippen molar-refractivity contribution in [1.82, 2.24) is 10.0 Å². The zero-order chi connectivity index (χ0) is 14.7. The van der Waals surface area contributed by atoms with E-state index in [-0.39, 0.29) is 6.04 Å². The van der Waals surface area contributed by atoms with Crippen molar-refractivity contribution in [2.45, 2.75) is 30.6 Å². The fourth-order valence-electron chi connectivity index (χ4n) is 3.05. The normalized spacial score (nSPS) is 26.3. The number of nitrogens with one attached hydrogen (secondary N) is 2.